The van der Waals surface area contributed by atoms with Crippen molar-refractivity contribution in [1.29, 1.82) is 0 Å². The molecule has 6 nitrogen and oxygen atoms in total. The monoisotopic (exact) mass is 383 g/mol. The fourth-order valence-corrected chi connectivity index (χ4v) is 2.28. The highest BCUT2D eigenvalue weighted by atomic mass is 127. The zero-order valence-electron chi connectivity index (χ0n) is 11.8. The van der Waals surface area contributed by atoms with E-state index in [1.54, 1.807) is 7.05 Å². The number of halogens is 1. The highest BCUT2D eigenvalue weighted by molar-refractivity contribution is 14.0. The molecular weight excluding hydrogens is 357 g/mol. The maximum absolute atomic E-state index is 11.2. The Labute approximate surface area is 132 Å². The van der Waals surface area contributed by atoms with E-state index in [2.05, 4.69) is 20.5 Å². The number of hydrogen-bond acceptors (Lipinski definition) is 3. The highest BCUT2D eigenvalue weighted by Crippen LogP contribution is 2.15. The number of nitrogens with zero attached hydrogens (tertiary/aromatic N) is 2. The van der Waals surface area contributed by atoms with Gasteiger partial charge in [0.2, 0.25) is 5.91 Å². The fourth-order valence-electron chi connectivity index (χ4n) is 2.28. The Morgan fingerprint density at radius 3 is 2.84 bits per heavy atom. The Bertz CT molecular complexity index is 298. The van der Waals surface area contributed by atoms with Crippen LogP contribution in [0.5, 0.6) is 0 Å². The summed E-state index contributed by atoms with van der Waals surface area (Å²) in [6, 6.07) is 0. The van der Waals surface area contributed by atoms with Gasteiger partial charge in [0, 0.05) is 27.2 Å². The number of primary amides is 1. The Morgan fingerprint density at radius 1 is 1.53 bits per heavy atom. The van der Waals surface area contributed by atoms with Gasteiger partial charge in [0.05, 0.1) is 5.92 Å². The first-order valence-electron chi connectivity index (χ1n) is 6.57. The van der Waals surface area contributed by atoms with Gasteiger partial charge < -0.3 is 21.3 Å². The van der Waals surface area contributed by atoms with Crippen LogP contribution < -0.4 is 16.4 Å². The molecule has 1 aliphatic rings. The largest absolute Gasteiger partial charge is 0.369 e. The van der Waals surface area contributed by atoms with Gasteiger partial charge in [-0.15, -0.1) is 24.0 Å². The number of aliphatic imine (C=N–C) groups is 1. The second-order valence-electron chi connectivity index (χ2n) is 4.64. The van der Waals surface area contributed by atoms with Crippen LogP contribution in [0.25, 0.3) is 0 Å². The smallest absolute Gasteiger partial charge is 0.221 e. The molecule has 1 saturated heterocycles. The SMILES string of the molecule is CN=C(NC)NCCCN1CCCC(C(N)=O)C1.I. The van der Waals surface area contributed by atoms with Gasteiger partial charge in [0.15, 0.2) is 5.96 Å². The van der Waals surface area contributed by atoms with Crippen molar-refractivity contribution in [2.45, 2.75) is 19.3 Å². The van der Waals surface area contributed by atoms with Gasteiger partial charge >= 0.3 is 0 Å². The van der Waals surface area contributed by atoms with Crippen molar-refractivity contribution in [3.63, 3.8) is 0 Å². The number of piperidine rings is 1. The molecule has 1 atom stereocenters. The number of amides is 1. The number of guanidine groups is 1. The van der Waals surface area contributed by atoms with E-state index >= 15 is 0 Å². The second-order valence-corrected chi connectivity index (χ2v) is 4.64. The van der Waals surface area contributed by atoms with Crippen LogP contribution in [-0.4, -0.2) is 57.0 Å². The van der Waals surface area contributed by atoms with Crippen molar-refractivity contribution >= 4 is 35.8 Å². The third-order valence-corrected chi connectivity index (χ3v) is 3.31. The van der Waals surface area contributed by atoms with Crippen molar-refractivity contribution in [2.75, 3.05) is 40.3 Å². The highest BCUT2D eigenvalue weighted by Gasteiger charge is 2.23. The van der Waals surface area contributed by atoms with Gasteiger partial charge in [-0.1, -0.05) is 0 Å². The molecule has 0 aromatic carbocycles. The topological polar surface area (TPSA) is 82.8 Å². The molecule has 0 aliphatic carbocycles. The van der Waals surface area contributed by atoms with E-state index in [0.29, 0.717) is 0 Å². The molecule has 4 N–H and O–H groups in total. The van der Waals surface area contributed by atoms with Gasteiger partial charge in [-0.05, 0) is 32.4 Å². The van der Waals surface area contributed by atoms with Crippen LogP contribution in [0, 0.1) is 5.92 Å². The summed E-state index contributed by atoms with van der Waals surface area (Å²) in [6.07, 6.45) is 3.04. The number of likely N-dealkylation sites (tertiary alicyclic amines) is 1. The Kier molecular flexibility index (Phi) is 9.94. The van der Waals surface area contributed by atoms with Crippen LogP contribution in [-0.2, 0) is 4.79 Å². The first-order chi connectivity index (χ1) is 8.67. The molecule has 1 fully saturated rings. The van der Waals surface area contributed by atoms with E-state index < -0.39 is 0 Å². The molecular formula is C12H26IN5O. The summed E-state index contributed by atoms with van der Waals surface area (Å²) < 4.78 is 0. The molecule has 1 unspecified atom stereocenters. The Hall–Kier alpha value is -0.570. The van der Waals surface area contributed by atoms with Gasteiger partial charge in [-0.3, -0.25) is 9.79 Å². The quantitative estimate of drug-likeness (QED) is 0.270. The molecule has 0 aromatic rings. The zero-order chi connectivity index (χ0) is 13.4. The molecule has 1 amide bonds. The van der Waals surface area contributed by atoms with Crippen LogP contribution in [0.3, 0.4) is 0 Å². The van der Waals surface area contributed by atoms with Crippen LogP contribution >= 0.6 is 24.0 Å². The minimum atomic E-state index is -0.159. The molecule has 1 heterocycles. The van der Waals surface area contributed by atoms with Gasteiger partial charge in [0.25, 0.3) is 0 Å². The summed E-state index contributed by atoms with van der Waals surface area (Å²) in [5.41, 5.74) is 5.36. The molecule has 0 saturated carbocycles. The predicted molar refractivity (Wildman–Crippen MR) is 88.8 cm³/mol. The van der Waals surface area contributed by atoms with E-state index in [1.165, 1.54) is 0 Å². The van der Waals surface area contributed by atoms with Crippen LogP contribution in [0.1, 0.15) is 19.3 Å². The molecule has 0 bridgehead atoms. The summed E-state index contributed by atoms with van der Waals surface area (Å²) in [6.45, 7) is 3.77. The first-order valence-corrected chi connectivity index (χ1v) is 6.57. The fraction of sp³-hybridized carbons (Fsp3) is 0.833. The van der Waals surface area contributed by atoms with Gasteiger partial charge in [-0.25, -0.2) is 0 Å². The van der Waals surface area contributed by atoms with Gasteiger partial charge in [-0.2, -0.15) is 0 Å². The third kappa shape index (κ3) is 6.95. The van der Waals surface area contributed by atoms with E-state index in [-0.39, 0.29) is 35.8 Å². The minimum Gasteiger partial charge on any atom is -0.369 e. The average molecular weight is 383 g/mol. The number of carbonyl (C=O) groups is 1. The summed E-state index contributed by atoms with van der Waals surface area (Å²) in [4.78, 5) is 17.5. The third-order valence-electron chi connectivity index (χ3n) is 3.31. The van der Waals surface area contributed by atoms with Crippen molar-refractivity contribution in [3.05, 3.63) is 0 Å². The lowest BCUT2D eigenvalue weighted by atomic mass is 9.97. The lowest BCUT2D eigenvalue weighted by Crippen LogP contribution is -2.42. The van der Waals surface area contributed by atoms with Crippen LogP contribution in [0.4, 0.5) is 0 Å². The summed E-state index contributed by atoms with van der Waals surface area (Å²) >= 11 is 0. The second kappa shape index (κ2) is 10.2. The van der Waals surface area contributed by atoms with Crippen LogP contribution in [0.15, 0.2) is 4.99 Å². The standard InChI is InChI=1S/C12H25N5O.HI/c1-14-12(15-2)16-6-4-8-17-7-3-5-10(9-17)11(13)18;/h10H,3-9H2,1-2H3,(H2,13,18)(H2,14,15,16);1H. The summed E-state index contributed by atoms with van der Waals surface area (Å²) in [7, 11) is 3.60. The first kappa shape index (κ1) is 18.4. The summed E-state index contributed by atoms with van der Waals surface area (Å²) in [5.74, 6) is 0.689. The molecule has 0 aromatic heterocycles. The molecule has 0 spiro atoms. The van der Waals surface area contributed by atoms with Crippen LogP contribution in [0.2, 0.25) is 0 Å². The van der Waals surface area contributed by atoms with Crippen molar-refractivity contribution in [3.8, 4) is 0 Å². The van der Waals surface area contributed by atoms with E-state index in [9.17, 15) is 4.79 Å². The van der Waals surface area contributed by atoms with Crippen molar-refractivity contribution < 1.29 is 4.79 Å². The molecule has 1 rings (SSSR count). The number of hydrogen-bond donors (Lipinski definition) is 3. The zero-order valence-corrected chi connectivity index (χ0v) is 14.1. The Morgan fingerprint density at radius 2 is 2.26 bits per heavy atom. The lowest BCUT2D eigenvalue weighted by Gasteiger charge is -2.31. The maximum atomic E-state index is 11.2. The molecule has 0 radical (unpaired) electrons. The molecule has 7 heteroatoms. The number of nitrogens with two attached hydrogens (primary N) is 1. The molecule has 1 aliphatic heterocycles. The van der Waals surface area contributed by atoms with E-state index in [1.807, 2.05) is 7.05 Å². The Balaban J connectivity index is 0.00000324. The van der Waals surface area contributed by atoms with Crippen molar-refractivity contribution in [2.24, 2.45) is 16.6 Å². The van der Waals surface area contributed by atoms with E-state index in [0.717, 1.165) is 51.4 Å². The maximum Gasteiger partial charge on any atom is 0.221 e. The number of carbonyl (C=O) groups excluding carboxylic acids is 1. The number of rotatable bonds is 5. The minimum absolute atomic E-state index is 0. The average Bonchev–Trinajstić information content (AvgIpc) is 2.39. The normalized spacial score (nSPS) is 20.5. The summed E-state index contributed by atoms with van der Waals surface area (Å²) in [5, 5.41) is 6.19. The number of nitrogens with one attached hydrogen (secondary N) is 2. The molecule has 112 valence electrons. The predicted octanol–water partition coefficient (Wildman–Crippen LogP) is -0.0134. The lowest BCUT2D eigenvalue weighted by molar-refractivity contribution is -0.123. The van der Waals surface area contributed by atoms with Crippen molar-refractivity contribution in [1.82, 2.24) is 15.5 Å². The van der Waals surface area contributed by atoms with Gasteiger partial charge in [0.1, 0.15) is 0 Å². The molecule has 19 heavy (non-hydrogen) atoms. The van der Waals surface area contributed by atoms with E-state index in [4.69, 9.17) is 5.73 Å².